The third kappa shape index (κ3) is 4.83. The first-order valence-corrected chi connectivity index (χ1v) is 11.4. The minimum absolute atomic E-state index is 0.0871. The molecule has 10 heteroatoms. The van der Waals surface area contributed by atoms with Gasteiger partial charge in [-0.25, -0.2) is 8.42 Å². The number of hydrogen-bond acceptors (Lipinski definition) is 5. The van der Waals surface area contributed by atoms with Gasteiger partial charge in [0.25, 0.3) is 0 Å². The molecule has 2 aromatic rings. The van der Waals surface area contributed by atoms with Crippen molar-refractivity contribution in [1.82, 2.24) is 4.31 Å². The molecule has 7 nitrogen and oxygen atoms in total. The lowest BCUT2D eigenvalue weighted by molar-refractivity contribution is -0.120. The van der Waals surface area contributed by atoms with Crippen LogP contribution in [0, 0.1) is 5.92 Å². The van der Waals surface area contributed by atoms with Crippen LogP contribution in [0.5, 0.6) is 11.5 Å². The fourth-order valence-corrected chi connectivity index (χ4v) is 5.20. The van der Waals surface area contributed by atoms with Gasteiger partial charge in [-0.05, 0) is 37.1 Å². The number of ether oxygens (including phenoxy) is 2. The average Bonchev–Trinajstić information content (AvgIpc) is 2.75. The lowest BCUT2D eigenvalue weighted by atomic mass is 9.98. The molecule has 162 valence electrons. The molecule has 1 fully saturated rings. The van der Waals surface area contributed by atoms with Crippen LogP contribution in [0.3, 0.4) is 0 Å². The van der Waals surface area contributed by atoms with Crippen LogP contribution in [-0.2, 0) is 14.8 Å². The van der Waals surface area contributed by atoms with Crippen LogP contribution >= 0.6 is 23.2 Å². The highest BCUT2D eigenvalue weighted by atomic mass is 35.5. The summed E-state index contributed by atoms with van der Waals surface area (Å²) < 4.78 is 37.7. The maximum absolute atomic E-state index is 12.9. The molecule has 1 amide bonds. The van der Waals surface area contributed by atoms with Crippen LogP contribution < -0.4 is 14.8 Å². The smallest absolute Gasteiger partial charge is 0.243 e. The molecule has 1 heterocycles. The molecule has 1 atom stereocenters. The van der Waals surface area contributed by atoms with Gasteiger partial charge in [-0.2, -0.15) is 4.31 Å². The van der Waals surface area contributed by atoms with Crippen molar-refractivity contribution in [3.05, 3.63) is 46.4 Å². The van der Waals surface area contributed by atoms with Crippen molar-refractivity contribution in [2.45, 2.75) is 17.7 Å². The van der Waals surface area contributed by atoms with Crippen LogP contribution in [0.25, 0.3) is 0 Å². The molecule has 0 aliphatic carbocycles. The molecule has 1 saturated heterocycles. The molecule has 0 saturated carbocycles. The Hall–Kier alpha value is -2.00. The number of nitrogens with zero attached hydrogens (tertiary/aromatic N) is 1. The van der Waals surface area contributed by atoms with Crippen molar-refractivity contribution in [3.63, 3.8) is 0 Å². The molecule has 0 unspecified atom stereocenters. The van der Waals surface area contributed by atoms with E-state index in [1.165, 1.54) is 42.8 Å². The van der Waals surface area contributed by atoms with Gasteiger partial charge in [0.1, 0.15) is 11.5 Å². The summed E-state index contributed by atoms with van der Waals surface area (Å²) in [5.74, 6) is -0.0279. The fraction of sp³-hybridized carbons (Fsp3) is 0.350. The molecular weight excluding hydrogens is 451 g/mol. The van der Waals surface area contributed by atoms with E-state index in [2.05, 4.69) is 5.32 Å². The summed E-state index contributed by atoms with van der Waals surface area (Å²) in [4.78, 5) is 13.0. The molecule has 0 bridgehead atoms. The number of carbonyl (C=O) groups excluding carboxylic acids is 1. The van der Waals surface area contributed by atoms with Gasteiger partial charge >= 0.3 is 0 Å². The Morgan fingerprint density at radius 2 is 1.77 bits per heavy atom. The number of halogens is 2. The monoisotopic (exact) mass is 472 g/mol. The van der Waals surface area contributed by atoms with Crippen LogP contribution in [-0.4, -0.2) is 45.9 Å². The number of piperidine rings is 1. The first-order valence-electron chi connectivity index (χ1n) is 9.24. The predicted octanol–water partition coefficient (Wildman–Crippen LogP) is 4.05. The second-order valence-corrected chi connectivity index (χ2v) is 9.61. The number of amides is 1. The Morgan fingerprint density at radius 3 is 2.40 bits per heavy atom. The summed E-state index contributed by atoms with van der Waals surface area (Å²) in [5, 5.41) is 3.62. The number of rotatable bonds is 6. The lowest BCUT2D eigenvalue weighted by Crippen LogP contribution is -2.43. The average molecular weight is 473 g/mol. The van der Waals surface area contributed by atoms with Crippen molar-refractivity contribution in [2.75, 3.05) is 32.6 Å². The topological polar surface area (TPSA) is 84.9 Å². The Morgan fingerprint density at radius 1 is 1.10 bits per heavy atom. The van der Waals surface area contributed by atoms with Gasteiger partial charge in [-0.3, -0.25) is 4.79 Å². The number of methoxy groups -OCH3 is 2. The first kappa shape index (κ1) is 22.7. The molecule has 0 spiro atoms. The van der Waals surface area contributed by atoms with E-state index in [-0.39, 0.29) is 17.3 Å². The SMILES string of the molecule is COc1cc(NC(=O)[C@@H]2CCCN(S(=O)(=O)c3ccc(Cl)cc3)C2)c(OC)cc1Cl. The van der Waals surface area contributed by atoms with Crippen molar-refractivity contribution >= 4 is 44.8 Å². The third-order valence-electron chi connectivity index (χ3n) is 4.94. The van der Waals surface area contributed by atoms with E-state index < -0.39 is 15.9 Å². The second kappa shape index (κ2) is 9.43. The zero-order valence-corrected chi connectivity index (χ0v) is 18.9. The largest absolute Gasteiger partial charge is 0.495 e. The molecule has 0 aromatic heterocycles. The number of anilines is 1. The van der Waals surface area contributed by atoms with Gasteiger partial charge in [0.2, 0.25) is 15.9 Å². The Bertz CT molecular complexity index is 1030. The Kier molecular flexibility index (Phi) is 7.13. The fourth-order valence-electron chi connectivity index (χ4n) is 3.32. The number of sulfonamides is 1. The number of benzene rings is 2. The maximum Gasteiger partial charge on any atom is 0.243 e. The zero-order chi connectivity index (χ0) is 21.9. The van der Waals surface area contributed by atoms with Gasteiger partial charge < -0.3 is 14.8 Å². The van der Waals surface area contributed by atoms with E-state index in [9.17, 15) is 13.2 Å². The minimum atomic E-state index is -3.71. The third-order valence-corrected chi connectivity index (χ3v) is 7.36. The van der Waals surface area contributed by atoms with Crippen LogP contribution in [0.4, 0.5) is 5.69 Å². The van der Waals surface area contributed by atoms with E-state index in [0.29, 0.717) is 46.6 Å². The molecule has 1 N–H and O–H groups in total. The van der Waals surface area contributed by atoms with Gasteiger partial charge in [0.05, 0.1) is 35.7 Å². The standard InChI is InChI=1S/C20H22Cl2N2O5S/c1-28-18-11-17(19(29-2)10-16(18)22)23-20(25)13-4-3-9-24(12-13)30(26,27)15-7-5-14(21)6-8-15/h5-8,10-11,13H,3-4,9,12H2,1-2H3,(H,23,25)/t13-/m1/s1. The van der Waals surface area contributed by atoms with E-state index in [0.717, 1.165) is 0 Å². The normalized spacial score (nSPS) is 17.4. The highest BCUT2D eigenvalue weighted by molar-refractivity contribution is 7.89. The highest BCUT2D eigenvalue weighted by Gasteiger charge is 2.33. The van der Waals surface area contributed by atoms with E-state index >= 15 is 0 Å². The summed E-state index contributed by atoms with van der Waals surface area (Å²) in [5.41, 5.74) is 0.404. The van der Waals surface area contributed by atoms with Gasteiger partial charge in [-0.15, -0.1) is 0 Å². The van der Waals surface area contributed by atoms with E-state index in [1.807, 2.05) is 0 Å². The lowest BCUT2D eigenvalue weighted by Gasteiger charge is -2.31. The number of hydrogen-bond donors (Lipinski definition) is 1. The molecular formula is C20H22Cl2N2O5S. The van der Waals surface area contributed by atoms with E-state index in [4.69, 9.17) is 32.7 Å². The summed E-state index contributed by atoms with van der Waals surface area (Å²) in [6.07, 6.45) is 1.15. The summed E-state index contributed by atoms with van der Waals surface area (Å²) >= 11 is 12.0. The Balaban J connectivity index is 1.77. The first-order chi connectivity index (χ1) is 14.3. The second-order valence-electron chi connectivity index (χ2n) is 6.83. The van der Waals surface area contributed by atoms with Crippen molar-refractivity contribution in [2.24, 2.45) is 5.92 Å². The van der Waals surface area contributed by atoms with Crippen molar-refractivity contribution < 1.29 is 22.7 Å². The molecule has 2 aromatic carbocycles. The maximum atomic E-state index is 12.9. The molecule has 1 aliphatic heterocycles. The van der Waals surface area contributed by atoms with Crippen LogP contribution in [0.15, 0.2) is 41.3 Å². The minimum Gasteiger partial charge on any atom is -0.495 e. The van der Waals surface area contributed by atoms with Gasteiger partial charge in [0.15, 0.2) is 0 Å². The summed E-state index contributed by atoms with van der Waals surface area (Å²) in [7, 11) is -0.775. The quantitative estimate of drug-likeness (QED) is 0.685. The van der Waals surface area contributed by atoms with Crippen LogP contribution in [0.2, 0.25) is 10.0 Å². The Labute approximate surface area is 185 Å². The van der Waals surface area contributed by atoms with Gasteiger partial charge in [0, 0.05) is 30.2 Å². The van der Waals surface area contributed by atoms with Crippen molar-refractivity contribution in [1.29, 1.82) is 0 Å². The highest BCUT2D eigenvalue weighted by Crippen LogP contribution is 2.36. The molecule has 30 heavy (non-hydrogen) atoms. The molecule has 1 aliphatic rings. The van der Waals surface area contributed by atoms with Crippen LogP contribution in [0.1, 0.15) is 12.8 Å². The van der Waals surface area contributed by atoms with Crippen molar-refractivity contribution in [3.8, 4) is 11.5 Å². The molecule has 3 rings (SSSR count). The summed E-state index contributed by atoms with van der Waals surface area (Å²) in [6.45, 7) is 0.441. The zero-order valence-electron chi connectivity index (χ0n) is 16.5. The van der Waals surface area contributed by atoms with Gasteiger partial charge in [-0.1, -0.05) is 23.2 Å². The summed E-state index contributed by atoms with van der Waals surface area (Å²) in [6, 6.07) is 9.11. The predicted molar refractivity (Wildman–Crippen MR) is 116 cm³/mol. The molecule has 0 radical (unpaired) electrons. The number of carbonyl (C=O) groups is 1. The van der Waals surface area contributed by atoms with E-state index in [1.54, 1.807) is 12.1 Å². The number of nitrogens with one attached hydrogen (secondary N) is 1.